The summed E-state index contributed by atoms with van der Waals surface area (Å²) in [7, 11) is 0. The molecule has 84 valence electrons. The third kappa shape index (κ3) is 2.56. The molecular weight excluding hydrogens is 206 g/mol. The molecule has 0 bridgehead atoms. The molecule has 4 heteroatoms. The van der Waals surface area contributed by atoms with Gasteiger partial charge in [0.2, 0.25) is 0 Å². The van der Waals surface area contributed by atoms with Gasteiger partial charge in [0.05, 0.1) is 12.2 Å². The molecule has 0 unspecified atom stereocenters. The van der Waals surface area contributed by atoms with Crippen LogP contribution in [0.25, 0.3) is 0 Å². The zero-order valence-corrected chi connectivity index (χ0v) is 10.4. The maximum atomic E-state index is 4.72. The van der Waals surface area contributed by atoms with E-state index >= 15 is 0 Å². The smallest absolute Gasteiger partial charge is 0.107 e. The summed E-state index contributed by atoms with van der Waals surface area (Å²) in [6, 6.07) is 0. The number of hydrogen-bond donors (Lipinski definition) is 1. The van der Waals surface area contributed by atoms with E-state index in [4.69, 9.17) is 4.98 Å². The second-order valence-corrected chi connectivity index (χ2v) is 5.03. The molecule has 0 fully saturated rings. The van der Waals surface area contributed by atoms with Crippen LogP contribution < -0.4 is 5.32 Å². The highest BCUT2D eigenvalue weighted by molar-refractivity contribution is 7.11. The fourth-order valence-corrected chi connectivity index (χ4v) is 3.01. The molecule has 15 heavy (non-hydrogen) atoms. The Kier molecular flexibility index (Phi) is 3.72. The highest BCUT2D eigenvalue weighted by Gasteiger charge is 2.15. The van der Waals surface area contributed by atoms with Crippen LogP contribution in [0.1, 0.15) is 29.4 Å². The lowest BCUT2D eigenvalue weighted by atomic mass is 10.2. The van der Waals surface area contributed by atoms with Crippen LogP contribution in [0.5, 0.6) is 0 Å². The van der Waals surface area contributed by atoms with E-state index in [-0.39, 0.29) is 0 Å². The number of nitrogens with zero attached hydrogens (tertiary/aromatic N) is 2. The molecule has 1 aromatic heterocycles. The molecule has 0 saturated heterocycles. The minimum Gasteiger partial charge on any atom is -0.311 e. The molecule has 0 aliphatic carbocycles. The zero-order chi connectivity index (χ0) is 10.7. The van der Waals surface area contributed by atoms with Crippen molar-refractivity contribution in [3.05, 3.63) is 15.6 Å². The highest BCUT2D eigenvalue weighted by atomic mass is 32.1. The van der Waals surface area contributed by atoms with Crippen molar-refractivity contribution in [2.24, 2.45) is 0 Å². The molecule has 0 atom stereocenters. The SMILES string of the molecule is CCN(CC)Cc1nc2c(s1)CNCC2. The van der Waals surface area contributed by atoms with Crippen LogP contribution in [0.4, 0.5) is 0 Å². The fourth-order valence-electron chi connectivity index (χ4n) is 1.89. The number of hydrogen-bond acceptors (Lipinski definition) is 4. The zero-order valence-electron chi connectivity index (χ0n) is 9.55. The Labute approximate surface area is 95.5 Å². The van der Waals surface area contributed by atoms with E-state index in [0.29, 0.717) is 0 Å². The molecule has 0 aromatic carbocycles. The van der Waals surface area contributed by atoms with Crippen molar-refractivity contribution in [2.75, 3.05) is 19.6 Å². The Morgan fingerprint density at radius 3 is 2.87 bits per heavy atom. The molecule has 0 spiro atoms. The lowest BCUT2D eigenvalue weighted by Gasteiger charge is -2.15. The summed E-state index contributed by atoms with van der Waals surface area (Å²) >= 11 is 1.88. The quantitative estimate of drug-likeness (QED) is 0.844. The average molecular weight is 225 g/mol. The van der Waals surface area contributed by atoms with Crippen LogP contribution in [0, 0.1) is 0 Å². The molecule has 3 nitrogen and oxygen atoms in total. The van der Waals surface area contributed by atoms with Crippen LogP contribution in [-0.2, 0) is 19.5 Å². The lowest BCUT2D eigenvalue weighted by Crippen LogP contribution is -2.22. The Morgan fingerprint density at radius 2 is 2.20 bits per heavy atom. The summed E-state index contributed by atoms with van der Waals surface area (Å²) in [5.41, 5.74) is 1.33. The first-order valence-corrected chi connectivity index (χ1v) is 6.55. The fraction of sp³-hybridized carbons (Fsp3) is 0.727. The monoisotopic (exact) mass is 225 g/mol. The van der Waals surface area contributed by atoms with E-state index in [1.807, 2.05) is 11.3 Å². The Morgan fingerprint density at radius 1 is 1.40 bits per heavy atom. The number of rotatable bonds is 4. The van der Waals surface area contributed by atoms with Gasteiger partial charge in [-0.05, 0) is 13.1 Å². The van der Waals surface area contributed by atoms with E-state index in [1.165, 1.54) is 15.6 Å². The number of nitrogens with one attached hydrogen (secondary N) is 1. The van der Waals surface area contributed by atoms with Crippen molar-refractivity contribution in [3.8, 4) is 0 Å². The first-order chi connectivity index (χ1) is 7.33. The van der Waals surface area contributed by atoms with Gasteiger partial charge in [0.15, 0.2) is 0 Å². The van der Waals surface area contributed by atoms with Crippen molar-refractivity contribution in [2.45, 2.75) is 33.4 Å². The summed E-state index contributed by atoms with van der Waals surface area (Å²) in [6.45, 7) is 9.76. The van der Waals surface area contributed by atoms with Crippen molar-refractivity contribution < 1.29 is 0 Å². The molecule has 0 amide bonds. The second-order valence-electron chi connectivity index (χ2n) is 3.87. The molecule has 2 heterocycles. The summed E-state index contributed by atoms with van der Waals surface area (Å²) in [6.07, 6.45) is 1.10. The molecule has 1 aromatic rings. The third-order valence-electron chi connectivity index (χ3n) is 2.90. The number of aromatic nitrogens is 1. The lowest BCUT2D eigenvalue weighted by molar-refractivity contribution is 0.295. The molecule has 1 aliphatic rings. The Hall–Kier alpha value is -0.450. The predicted octanol–water partition coefficient (Wildman–Crippen LogP) is 1.63. The average Bonchev–Trinajstić information content (AvgIpc) is 2.68. The van der Waals surface area contributed by atoms with Gasteiger partial charge in [0.25, 0.3) is 0 Å². The van der Waals surface area contributed by atoms with E-state index in [1.54, 1.807) is 0 Å². The van der Waals surface area contributed by atoms with Crippen molar-refractivity contribution in [1.29, 1.82) is 0 Å². The van der Waals surface area contributed by atoms with Gasteiger partial charge in [-0.25, -0.2) is 4.98 Å². The second kappa shape index (κ2) is 5.05. The maximum absolute atomic E-state index is 4.72. The van der Waals surface area contributed by atoms with Crippen LogP contribution in [0.3, 0.4) is 0 Å². The topological polar surface area (TPSA) is 28.2 Å². The predicted molar refractivity (Wildman–Crippen MR) is 64.1 cm³/mol. The third-order valence-corrected chi connectivity index (χ3v) is 3.98. The van der Waals surface area contributed by atoms with E-state index in [0.717, 1.165) is 39.1 Å². The van der Waals surface area contributed by atoms with Gasteiger partial charge in [-0.3, -0.25) is 4.90 Å². The maximum Gasteiger partial charge on any atom is 0.107 e. The number of thiazole rings is 1. The molecular formula is C11H19N3S. The van der Waals surface area contributed by atoms with Gasteiger partial charge in [0.1, 0.15) is 5.01 Å². The van der Waals surface area contributed by atoms with Gasteiger partial charge in [0, 0.05) is 24.4 Å². The highest BCUT2D eigenvalue weighted by Crippen LogP contribution is 2.22. The van der Waals surface area contributed by atoms with Crippen molar-refractivity contribution in [3.63, 3.8) is 0 Å². The molecule has 0 saturated carbocycles. The minimum atomic E-state index is 1.02. The van der Waals surface area contributed by atoms with Gasteiger partial charge < -0.3 is 5.32 Å². The normalized spacial score (nSPS) is 15.7. The minimum absolute atomic E-state index is 1.02. The summed E-state index contributed by atoms with van der Waals surface area (Å²) in [5.74, 6) is 0. The summed E-state index contributed by atoms with van der Waals surface area (Å²) in [4.78, 5) is 8.59. The van der Waals surface area contributed by atoms with Gasteiger partial charge in [-0.15, -0.1) is 11.3 Å². The largest absolute Gasteiger partial charge is 0.311 e. The van der Waals surface area contributed by atoms with Crippen LogP contribution >= 0.6 is 11.3 Å². The summed E-state index contributed by atoms with van der Waals surface area (Å²) < 4.78 is 0. The Balaban J connectivity index is 2.05. The summed E-state index contributed by atoms with van der Waals surface area (Å²) in [5, 5.41) is 4.68. The van der Waals surface area contributed by atoms with Gasteiger partial charge in [-0.2, -0.15) is 0 Å². The van der Waals surface area contributed by atoms with Crippen molar-refractivity contribution in [1.82, 2.24) is 15.2 Å². The van der Waals surface area contributed by atoms with Crippen LogP contribution in [0.15, 0.2) is 0 Å². The molecule has 1 N–H and O–H groups in total. The Bertz CT molecular complexity index is 294. The molecule has 2 rings (SSSR count). The first-order valence-electron chi connectivity index (χ1n) is 5.74. The van der Waals surface area contributed by atoms with Crippen LogP contribution in [-0.4, -0.2) is 29.5 Å². The van der Waals surface area contributed by atoms with Crippen molar-refractivity contribution >= 4 is 11.3 Å². The number of fused-ring (bicyclic) bond motifs is 1. The first kappa shape index (κ1) is 11.0. The molecule has 1 aliphatic heterocycles. The van der Waals surface area contributed by atoms with Crippen LogP contribution in [0.2, 0.25) is 0 Å². The standard InChI is InChI=1S/C11H19N3S/c1-3-14(4-2)8-11-13-9-5-6-12-7-10(9)15-11/h12H,3-8H2,1-2H3. The van der Waals surface area contributed by atoms with E-state index in [9.17, 15) is 0 Å². The van der Waals surface area contributed by atoms with Gasteiger partial charge in [-0.1, -0.05) is 13.8 Å². The van der Waals surface area contributed by atoms with E-state index in [2.05, 4.69) is 24.1 Å². The molecule has 0 radical (unpaired) electrons. The van der Waals surface area contributed by atoms with E-state index < -0.39 is 0 Å². The van der Waals surface area contributed by atoms with Gasteiger partial charge >= 0.3 is 0 Å².